The van der Waals surface area contributed by atoms with E-state index in [9.17, 15) is 4.79 Å². The van der Waals surface area contributed by atoms with Gasteiger partial charge in [-0.05, 0) is 17.7 Å². The number of hydrogen-bond donors (Lipinski definition) is 1. The Morgan fingerprint density at radius 1 is 1.32 bits per heavy atom. The topological polar surface area (TPSA) is 61.5 Å². The van der Waals surface area contributed by atoms with E-state index in [1.165, 1.54) is 5.56 Å². The number of carbonyl (C=O) groups excluding carboxylic acids is 1. The molecule has 0 saturated carbocycles. The average Bonchev–Trinajstić information content (AvgIpc) is 3.16. The van der Waals surface area contributed by atoms with Crippen molar-refractivity contribution < 1.29 is 9.53 Å². The second-order valence-corrected chi connectivity index (χ2v) is 7.02. The van der Waals surface area contributed by atoms with Gasteiger partial charge in [0, 0.05) is 45.1 Å². The molecule has 25 heavy (non-hydrogen) atoms. The molecule has 0 atom stereocenters. The molecule has 7 heteroatoms. The van der Waals surface area contributed by atoms with Crippen molar-refractivity contribution in [2.24, 2.45) is 0 Å². The highest BCUT2D eigenvalue weighted by molar-refractivity contribution is 7.99. The number of piperazine rings is 1. The molecule has 0 radical (unpaired) electrons. The highest BCUT2D eigenvalue weighted by atomic mass is 32.2. The first kappa shape index (κ1) is 17.8. The highest BCUT2D eigenvalue weighted by Crippen LogP contribution is 2.16. The minimum atomic E-state index is 0.220. The molecule has 1 saturated heterocycles. The molecule has 2 heterocycles. The van der Waals surface area contributed by atoms with Crippen molar-refractivity contribution in [3.63, 3.8) is 0 Å². The van der Waals surface area contributed by atoms with Crippen molar-refractivity contribution in [2.75, 3.05) is 39.0 Å². The summed E-state index contributed by atoms with van der Waals surface area (Å²) in [6.45, 7) is 4.30. The molecule has 1 amide bonds. The van der Waals surface area contributed by atoms with E-state index in [-0.39, 0.29) is 5.91 Å². The zero-order valence-corrected chi connectivity index (χ0v) is 15.3. The van der Waals surface area contributed by atoms with E-state index in [0.717, 1.165) is 50.1 Å². The summed E-state index contributed by atoms with van der Waals surface area (Å²) in [6, 6.07) is 8.17. The van der Waals surface area contributed by atoms with Gasteiger partial charge in [-0.3, -0.25) is 9.69 Å². The van der Waals surface area contributed by atoms with Gasteiger partial charge in [-0.25, -0.2) is 4.98 Å². The largest absolute Gasteiger partial charge is 0.497 e. The number of amides is 1. The number of aromatic nitrogens is 2. The van der Waals surface area contributed by atoms with Crippen molar-refractivity contribution in [1.29, 1.82) is 0 Å². The molecule has 0 bridgehead atoms. The van der Waals surface area contributed by atoms with Crippen molar-refractivity contribution in [2.45, 2.75) is 12.3 Å². The third-order valence-corrected chi connectivity index (χ3v) is 5.21. The fraction of sp³-hybridized carbons (Fsp3) is 0.444. The Hall–Kier alpha value is -1.99. The highest BCUT2D eigenvalue weighted by Gasteiger charge is 2.21. The number of nitrogens with zero attached hydrogens (tertiary/aromatic N) is 3. The van der Waals surface area contributed by atoms with Gasteiger partial charge in [0.25, 0.3) is 0 Å². The number of methoxy groups -OCH3 is 1. The number of aromatic amines is 1. The SMILES string of the molecule is COc1cccc(CN2CCN(C(=O)CSCc3ncc[nH]3)CC2)c1. The molecule has 2 aromatic rings. The minimum Gasteiger partial charge on any atom is -0.497 e. The predicted molar refractivity (Wildman–Crippen MR) is 99.6 cm³/mol. The van der Waals surface area contributed by atoms with Crippen LogP contribution in [0.5, 0.6) is 5.75 Å². The molecule has 6 nitrogen and oxygen atoms in total. The van der Waals surface area contributed by atoms with Crippen LogP contribution in [0.2, 0.25) is 0 Å². The van der Waals surface area contributed by atoms with Crippen LogP contribution in [-0.4, -0.2) is 64.7 Å². The number of benzene rings is 1. The predicted octanol–water partition coefficient (Wildman–Crippen LogP) is 2.00. The lowest BCUT2D eigenvalue weighted by molar-refractivity contribution is -0.130. The van der Waals surface area contributed by atoms with Crippen LogP contribution in [0.4, 0.5) is 0 Å². The summed E-state index contributed by atoms with van der Waals surface area (Å²) in [5.74, 6) is 3.28. The standard InChI is InChI=1S/C18H24N4O2S/c1-24-16-4-2-3-15(11-16)12-21-7-9-22(10-8-21)18(23)14-25-13-17-19-5-6-20-17/h2-6,11H,7-10,12-14H2,1H3,(H,19,20). The number of carbonyl (C=O) groups is 1. The van der Waals surface area contributed by atoms with Crippen LogP contribution in [0.25, 0.3) is 0 Å². The van der Waals surface area contributed by atoms with Gasteiger partial charge in [0.2, 0.25) is 5.91 Å². The zero-order valence-electron chi connectivity index (χ0n) is 14.5. The lowest BCUT2D eigenvalue weighted by atomic mass is 10.2. The maximum absolute atomic E-state index is 12.3. The first-order valence-electron chi connectivity index (χ1n) is 8.43. The van der Waals surface area contributed by atoms with E-state index in [1.54, 1.807) is 31.3 Å². The van der Waals surface area contributed by atoms with Crippen molar-refractivity contribution in [3.05, 3.63) is 48.0 Å². The summed E-state index contributed by atoms with van der Waals surface area (Å²) >= 11 is 1.61. The van der Waals surface area contributed by atoms with Crippen LogP contribution in [0.1, 0.15) is 11.4 Å². The molecule has 1 aromatic heterocycles. The maximum atomic E-state index is 12.3. The van der Waals surface area contributed by atoms with Gasteiger partial charge in [0.15, 0.2) is 0 Å². The lowest BCUT2D eigenvalue weighted by Gasteiger charge is -2.34. The maximum Gasteiger partial charge on any atom is 0.232 e. The quantitative estimate of drug-likeness (QED) is 0.818. The van der Waals surface area contributed by atoms with Crippen LogP contribution in [0.15, 0.2) is 36.7 Å². The van der Waals surface area contributed by atoms with Crippen molar-refractivity contribution in [3.8, 4) is 5.75 Å². The monoisotopic (exact) mass is 360 g/mol. The first-order chi connectivity index (χ1) is 12.2. The van der Waals surface area contributed by atoms with E-state index in [2.05, 4.69) is 27.0 Å². The summed E-state index contributed by atoms with van der Waals surface area (Å²) in [4.78, 5) is 23.9. The normalized spacial score (nSPS) is 15.3. The molecule has 3 rings (SSSR count). The summed E-state index contributed by atoms with van der Waals surface area (Å²) in [5, 5.41) is 0. The van der Waals surface area contributed by atoms with Gasteiger partial charge >= 0.3 is 0 Å². The molecule has 0 unspecified atom stereocenters. The number of ether oxygens (including phenoxy) is 1. The third kappa shape index (κ3) is 5.24. The molecule has 1 aliphatic rings. The minimum absolute atomic E-state index is 0.220. The number of rotatable bonds is 7. The average molecular weight is 360 g/mol. The second kappa shape index (κ2) is 8.92. The van der Waals surface area contributed by atoms with Crippen LogP contribution >= 0.6 is 11.8 Å². The second-order valence-electron chi connectivity index (χ2n) is 6.04. The summed E-state index contributed by atoms with van der Waals surface area (Å²) in [5.41, 5.74) is 1.24. The van der Waals surface area contributed by atoms with Gasteiger partial charge in [-0.2, -0.15) is 0 Å². The van der Waals surface area contributed by atoms with Gasteiger partial charge in [0.05, 0.1) is 18.6 Å². The summed E-state index contributed by atoms with van der Waals surface area (Å²) in [7, 11) is 1.69. The molecular formula is C18H24N4O2S. The zero-order chi connectivity index (χ0) is 17.5. The van der Waals surface area contributed by atoms with E-state index in [4.69, 9.17) is 4.74 Å². The molecule has 0 aliphatic carbocycles. The van der Waals surface area contributed by atoms with E-state index in [0.29, 0.717) is 5.75 Å². The number of hydrogen-bond acceptors (Lipinski definition) is 5. The van der Waals surface area contributed by atoms with Gasteiger partial charge < -0.3 is 14.6 Å². The first-order valence-corrected chi connectivity index (χ1v) is 9.59. The van der Waals surface area contributed by atoms with Crippen LogP contribution < -0.4 is 4.74 Å². The van der Waals surface area contributed by atoms with Gasteiger partial charge in [0.1, 0.15) is 11.6 Å². The lowest BCUT2D eigenvalue weighted by Crippen LogP contribution is -2.48. The molecule has 134 valence electrons. The van der Waals surface area contributed by atoms with E-state index < -0.39 is 0 Å². The Bertz CT molecular complexity index is 669. The third-order valence-electron chi connectivity index (χ3n) is 4.28. The molecular weight excluding hydrogens is 336 g/mol. The fourth-order valence-electron chi connectivity index (χ4n) is 2.89. The number of H-pyrrole nitrogens is 1. The summed E-state index contributed by atoms with van der Waals surface area (Å²) in [6.07, 6.45) is 3.54. The number of imidazole rings is 1. The molecule has 1 aliphatic heterocycles. The van der Waals surface area contributed by atoms with Crippen molar-refractivity contribution >= 4 is 17.7 Å². The van der Waals surface area contributed by atoms with Gasteiger partial charge in [-0.15, -0.1) is 11.8 Å². The fourth-order valence-corrected chi connectivity index (χ4v) is 3.70. The Balaban J connectivity index is 1.39. The Labute approximate surface area is 152 Å². The Morgan fingerprint density at radius 3 is 2.88 bits per heavy atom. The molecule has 1 N–H and O–H groups in total. The number of nitrogens with one attached hydrogen (secondary N) is 1. The smallest absolute Gasteiger partial charge is 0.232 e. The molecule has 1 fully saturated rings. The van der Waals surface area contributed by atoms with Crippen LogP contribution in [-0.2, 0) is 17.1 Å². The molecule has 0 spiro atoms. The Morgan fingerprint density at radius 2 is 2.16 bits per heavy atom. The van der Waals surface area contributed by atoms with Crippen molar-refractivity contribution in [1.82, 2.24) is 19.8 Å². The van der Waals surface area contributed by atoms with E-state index in [1.807, 2.05) is 17.0 Å². The number of thioether (sulfide) groups is 1. The van der Waals surface area contributed by atoms with E-state index >= 15 is 0 Å². The van der Waals surface area contributed by atoms with Gasteiger partial charge in [-0.1, -0.05) is 12.1 Å². The van der Waals surface area contributed by atoms with Crippen LogP contribution in [0, 0.1) is 0 Å². The van der Waals surface area contributed by atoms with Crippen LogP contribution in [0.3, 0.4) is 0 Å². The molecule has 1 aromatic carbocycles. The Kier molecular flexibility index (Phi) is 6.36. The summed E-state index contributed by atoms with van der Waals surface area (Å²) < 4.78 is 5.28.